The standard InChI is InChI=1S/C29H25NO4/c1-2-17-11-13-18(14-12-17)34-23(31)15-16-30-28(32)26-24-19-7-3-4-8-20(19)25(27(26)29(30)33)22-10-6-5-9-21(22)24/h3-14,24-27H,2,15-16H2,1H3/t24?,25?,26-,27-/m1/s1. The smallest absolute Gasteiger partial charge is 0.312 e. The maximum atomic E-state index is 13.6. The Hall–Kier alpha value is -3.73. The number of nitrogens with zero attached hydrogens (tertiary/aromatic N) is 1. The molecule has 2 bridgehead atoms. The number of benzene rings is 3. The molecule has 2 atom stereocenters. The summed E-state index contributed by atoms with van der Waals surface area (Å²) in [4.78, 5) is 40.9. The van der Waals surface area contributed by atoms with E-state index in [9.17, 15) is 14.4 Å². The average Bonchev–Trinajstić information content (AvgIpc) is 3.13. The van der Waals surface area contributed by atoms with E-state index in [0.717, 1.165) is 34.2 Å². The number of likely N-dealkylation sites (tertiary alicyclic amines) is 1. The molecule has 0 N–H and O–H groups in total. The quantitative estimate of drug-likeness (QED) is 0.327. The van der Waals surface area contributed by atoms with Gasteiger partial charge in [0, 0.05) is 18.4 Å². The molecule has 0 unspecified atom stereocenters. The first-order valence-corrected chi connectivity index (χ1v) is 11.9. The van der Waals surface area contributed by atoms with Crippen LogP contribution in [-0.4, -0.2) is 29.2 Å². The van der Waals surface area contributed by atoms with Crippen LogP contribution in [0.25, 0.3) is 0 Å². The summed E-state index contributed by atoms with van der Waals surface area (Å²) >= 11 is 0. The van der Waals surface area contributed by atoms with E-state index in [4.69, 9.17) is 4.74 Å². The van der Waals surface area contributed by atoms with Gasteiger partial charge in [-0.25, -0.2) is 0 Å². The zero-order valence-electron chi connectivity index (χ0n) is 18.9. The van der Waals surface area contributed by atoms with Crippen LogP contribution in [0.2, 0.25) is 0 Å². The second-order valence-corrected chi connectivity index (χ2v) is 9.31. The van der Waals surface area contributed by atoms with Crippen LogP contribution < -0.4 is 4.74 Å². The van der Waals surface area contributed by atoms with E-state index < -0.39 is 17.8 Å². The van der Waals surface area contributed by atoms with E-state index in [-0.39, 0.29) is 36.6 Å². The summed E-state index contributed by atoms with van der Waals surface area (Å²) in [6.45, 7) is 2.11. The Bertz CT molecular complexity index is 1200. The minimum absolute atomic E-state index is 0.0261. The number of carbonyl (C=O) groups excluding carboxylic acids is 3. The van der Waals surface area contributed by atoms with Gasteiger partial charge >= 0.3 is 5.97 Å². The van der Waals surface area contributed by atoms with Gasteiger partial charge in [0.2, 0.25) is 11.8 Å². The van der Waals surface area contributed by atoms with Crippen LogP contribution in [0.5, 0.6) is 5.75 Å². The Labute approximate surface area is 198 Å². The number of amides is 2. The summed E-state index contributed by atoms with van der Waals surface area (Å²) in [6.07, 6.45) is 0.882. The van der Waals surface area contributed by atoms with Gasteiger partial charge in [-0.3, -0.25) is 19.3 Å². The highest BCUT2D eigenvalue weighted by molar-refractivity contribution is 6.07. The SMILES string of the molecule is CCc1ccc(OC(=O)CCN2C(=O)[C@@H]3C4c5ccccc5C(c5ccccc54)[C@H]3C2=O)cc1. The predicted octanol–water partition coefficient (Wildman–Crippen LogP) is 4.44. The van der Waals surface area contributed by atoms with Crippen LogP contribution in [0.15, 0.2) is 72.8 Å². The van der Waals surface area contributed by atoms with Gasteiger partial charge in [0.25, 0.3) is 0 Å². The lowest BCUT2D eigenvalue weighted by molar-refractivity contribution is -0.141. The van der Waals surface area contributed by atoms with Gasteiger partial charge in [0.1, 0.15) is 5.75 Å². The van der Waals surface area contributed by atoms with Crippen LogP contribution in [0.4, 0.5) is 0 Å². The van der Waals surface area contributed by atoms with Crippen LogP contribution >= 0.6 is 0 Å². The number of hydrogen-bond donors (Lipinski definition) is 0. The maximum absolute atomic E-state index is 13.6. The third-order valence-electron chi connectivity index (χ3n) is 7.64. The number of hydrogen-bond acceptors (Lipinski definition) is 4. The van der Waals surface area contributed by atoms with Crippen molar-refractivity contribution in [2.24, 2.45) is 11.8 Å². The molecule has 0 radical (unpaired) electrons. The molecule has 7 rings (SSSR count). The number of rotatable bonds is 5. The highest BCUT2D eigenvalue weighted by Crippen LogP contribution is 2.60. The molecule has 3 aromatic carbocycles. The first-order valence-electron chi connectivity index (χ1n) is 11.9. The van der Waals surface area contributed by atoms with Gasteiger partial charge in [-0.15, -0.1) is 0 Å². The molecular weight excluding hydrogens is 426 g/mol. The summed E-state index contributed by atoms with van der Waals surface area (Å²) in [7, 11) is 0. The molecule has 170 valence electrons. The van der Waals surface area contributed by atoms with E-state index in [1.165, 1.54) is 4.90 Å². The largest absolute Gasteiger partial charge is 0.426 e. The molecule has 5 nitrogen and oxygen atoms in total. The van der Waals surface area contributed by atoms with E-state index in [1.807, 2.05) is 36.4 Å². The summed E-state index contributed by atoms with van der Waals surface area (Å²) in [5, 5.41) is 0. The third-order valence-corrected chi connectivity index (χ3v) is 7.64. The Morgan fingerprint density at radius 2 is 1.24 bits per heavy atom. The van der Waals surface area contributed by atoms with Gasteiger partial charge in [-0.2, -0.15) is 0 Å². The lowest BCUT2D eigenvalue weighted by atomic mass is 9.55. The van der Waals surface area contributed by atoms with E-state index >= 15 is 0 Å². The molecule has 5 heteroatoms. The van der Waals surface area contributed by atoms with Crippen molar-refractivity contribution in [2.45, 2.75) is 31.6 Å². The molecule has 0 spiro atoms. The fraction of sp³-hybridized carbons (Fsp3) is 0.276. The van der Waals surface area contributed by atoms with Gasteiger partial charge in [-0.05, 0) is 46.4 Å². The average molecular weight is 452 g/mol. The number of aryl methyl sites for hydroxylation is 1. The zero-order chi connectivity index (χ0) is 23.4. The van der Waals surface area contributed by atoms with Gasteiger partial charge < -0.3 is 4.74 Å². The highest BCUT2D eigenvalue weighted by atomic mass is 16.5. The van der Waals surface area contributed by atoms with Crippen molar-refractivity contribution in [2.75, 3.05) is 6.54 Å². The lowest BCUT2D eigenvalue weighted by Crippen LogP contribution is -2.41. The lowest BCUT2D eigenvalue weighted by Gasteiger charge is -2.45. The van der Waals surface area contributed by atoms with Crippen molar-refractivity contribution in [3.63, 3.8) is 0 Å². The molecule has 4 aliphatic rings. The Morgan fingerprint density at radius 1 is 0.765 bits per heavy atom. The molecule has 3 aliphatic carbocycles. The normalized spacial score (nSPS) is 24.0. The number of carbonyl (C=O) groups is 3. The van der Waals surface area contributed by atoms with Crippen LogP contribution in [0, 0.1) is 11.8 Å². The highest BCUT2D eigenvalue weighted by Gasteiger charge is 2.61. The van der Waals surface area contributed by atoms with Crippen molar-refractivity contribution in [1.82, 2.24) is 4.90 Å². The predicted molar refractivity (Wildman–Crippen MR) is 126 cm³/mol. The number of esters is 1. The topological polar surface area (TPSA) is 63.7 Å². The van der Waals surface area contributed by atoms with Crippen molar-refractivity contribution in [3.8, 4) is 5.75 Å². The van der Waals surface area contributed by atoms with Gasteiger partial charge in [-0.1, -0.05) is 67.6 Å². The van der Waals surface area contributed by atoms with Crippen LogP contribution in [0.1, 0.15) is 53.0 Å². The second-order valence-electron chi connectivity index (χ2n) is 9.31. The molecule has 0 aromatic heterocycles. The molecule has 2 amide bonds. The molecule has 34 heavy (non-hydrogen) atoms. The molecule has 1 fully saturated rings. The number of ether oxygens (including phenoxy) is 1. The third kappa shape index (κ3) is 3.03. The first kappa shape index (κ1) is 20.8. The molecule has 1 aliphatic heterocycles. The minimum Gasteiger partial charge on any atom is -0.426 e. The van der Waals surface area contributed by atoms with E-state index in [1.54, 1.807) is 12.1 Å². The molecule has 1 heterocycles. The van der Waals surface area contributed by atoms with Crippen molar-refractivity contribution in [1.29, 1.82) is 0 Å². The van der Waals surface area contributed by atoms with E-state index in [2.05, 4.69) is 31.2 Å². The summed E-state index contributed by atoms with van der Waals surface area (Å²) in [6, 6.07) is 23.7. The van der Waals surface area contributed by atoms with Crippen molar-refractivity contribution < 1.29 is 19.1 Å². The zero-order valence-corrected chi connectivity index (χ0v) is 18.9. The van der Waals surface area contributed by atoms with E-state index in [0.29, 0.717) is 5.75 Å². The Balaban J connectivity index is 1.24. The second kappa shape index (κ2) is 7.94. The molecular formula is C29H25NO4. The summed E-state index contributed by atoms with van der Waals surface area (Å²) in [5.74, 6) is -1.42. The minimum atomic E-state index is -0.450. The van der Waals surface area contributed by atoms with Crippen LogP contribution in [-0.2, 0) is 20.8 Å². The Kier molecular flexibility index (Phi) is 4.87. The number of imide groups is 1. The fourth-order valence-corrected chi connectivity index (χ4v) is 6.14. The monoisotopic (exact) mass is 451 g/mol. The summed E-state index contributed by atoms with van der Waals surface area (Å²) in [5.41, 5.74) is 5.74. The van der Waals surface area contributed by atoms with Crippen LogP contribution in [0.3, 0.4) is 0 Å². The van der Waals surface area contributed by atoms with Gasteiger partial charge in [0.15, 0.2) is 0 Å². The maximum Gasteiger partial charge on any atom is 0.312 e. The fourth-order valence-electron chi connectivity index (χ4n) is 6.14. The summed E-state index contributed by atoms with van der Waals surface area (Å²) < 4.78 is 5.43. The van der Waals surface area contributed by atoms with Crippen molar-refractivity contribution >= 4 is 17.8 Å². The molecule has 3 aromatic rings. The van der Waals surface area contributed by atoms with Gasteiger partial charge in [0.05, 0.1) is 18.3 Å². The Morgan fingerprint density at radius 3 is 1.68 bits per heavy atom. The first-order chi connectivity index (χ1) is 16.6. The molecule has 0 saturated carbocycles. The van der Waals surface area contributed by atoms with Crippen molar-refractivity contribution in [3.05, 3.63) is 101 Å². The molecule has 1 saturated heterocycles.